The van der Waals surface area contributed by atoms with E-state index in [9.17, 15) is 4.79 Å². The van der Waals surface area contributed by atoms with Crippen molar-refractivity contribution in [3.05, 3.63) is 131 Å². The summed E-state index contributed by atoms with van der Waals surface area (Å²) in [6.07, 6.45) is 30.4. The van der Waals surface area contributed by atoms with Gasteiger partial charge in [0.15, 0.2) is 5.78 Å². The lowest BCUT2D eigenvalue weighted by Gasteiger charge is -2.43. The SMILES string of the molecule is O=C(c1ccc(C[P+](c2ccccc2)(C2CCCCC2)C2CCCCC2)cc1)c1ccc(C[P+](c2ccccc2)(C2CCCCC2)C2CCCCC2)cc1.[Br-].[Br-]. The van der Waals surface area contributed by atoms with Crippen molar-refractivity contribution in [1.82, 2.24) is 0 Å². The largest absolute Gasteiger partial charge is 1.00 e. The second-order valence-corrected chi connectivity index (χ2v) is 26.0. The van der Waals surface area contributed by atoms with E-state index < -0.39 is 14.5 Å². The van der Waals surface area contributed by atoms with Gasteiger partial charge >= 0.3 is 0 Å². The molecule has 5 heteroatoms. The summed E-state index contributed by atoms with van der Waals surface area (Å²) in [5.41, 5.74) is 7.93. The second kappa shape index (κ2) is 21.1. The van der Waals surface area contributed by atoms with Crippen LogP contribution in [0, 0.1) is 0 Å². The number of halogens is 2. The average Bonchev–Trinajstić information content (AvgIpc) is 3.27. The van der Waals surface area contributed by atoms with Crippen molar-refractivity contribution in [2.24, 2.45) is 0 Å². The molecule has 0 saturated heterocycles. The van der Waals surface area contributed by atoms with Gasteiger partial charge < -0.3 is 34.0 Å². The molecule has 0 bridgehead atoms. The lowest BCUT2D eigenvalue weighted by Crippen LogP contribution is -3.00. The Morgan fingerprint density at radius 3 is 0.911 bits per heavy atom. The van der Waals surface area contributed by atoms with Crippen LogP contribution in [0.25, 0.3) is 0 Å². The van der Waals surface area contributed by atoms with Gasteiger partial charge in [0.05, 0.1) is 60.1 Å². The van der Waals surface area contributed by atoms with Crippen LogP contribution in [0.3, 0.4) is 0 Å². The molecule has 0 spiro atoms. The second-order valence-electron chi connectivity index (χ2n) is 17.7. The molecule has 0 aromatic heterocycles. The smallest absolute Gasteiger partial charge is 0.193 e. The molecule has 300 valence electrons. The highest BCUT2D eigenvalue weighted by Crippen LogP contribution is 2.74. The van der Waals surface area contributed by atoms with E-state index in [2.05, 4.69) is 109 Å². The van der Waals surface area contributed by atoms with Gasteiger partial charge in [0, 0.05) is 11.1 Å². The zero-order chi connectivity index (χ0) is 36.6. The third kappa shape index (κ3) is 9.54. The van der Waals surface area contributed by atoms with Gasteiger partial charge in [-0.1, -0.05) is 111 Å². The molecular weight excluding hydrogens is 850 g/mol. The molecule has 4 saturated carbocycles. The summed E-state index contributed by atoms with van der Waals surface area (Å²) in [4.78, 5) is 14.1. The van der Waals surface area contributed by atoms with E-state index >= 15 is 0 Å². The van der Waals surface area contributed by atoms with Gasteiger partial charge in [-0.3, -0.25) is 4.79 Å². The summed E-state index contributed by atoms with van der Waals surface area (Å²) >= 11 is 0. The van der Waals surface area contributed by atoms with Crippen molar-refractivity contribution in [1.29, 1.82) is 0 Å². The molecule has 4 fully saturated rings. The number of hydrogen-bond donors (Lipinski definition) is 0. The third-order valence-corrected chi connectivity index (χ3v) is 26.3. The van der Waals surface area contributed by atoms with Crippen LogP contribution in [0.4, 0.5) is 0 Å². The van der Waals surface area contributed by atoms with Crippen molar-refractivity contribution < 1.29 is 38.8 Å². The topological polar surface area (TPSA) is 17.1 Å². The van der Waals surface area contributed by atoms with Crippen LogP contribution in [-0.2, 0) is 12.3 Å². The van der Waals surface area contributed by atoms with E-state index in [1.54, 1.807) is 10.6 Å². The Morgan fingerprint density at radius 2 is 0.643 bits per heavy atom. The quantitative estimate of drug-likeness (QED) is 0.104. The van der Waals surface area contributed by atoms with Gasteiger partial charge in [-0.05, 0) is 138 Å². The highest BCUT2D eigenvalue weighted by molar-refractivity contribution is 7.84. The van der Waals surface area contributed by atoms with E-state index in [1.165, 1.54) is 152 Å². The number of ketones is 1. The summed E-state index contributed by atoms with van der Waals surface area (Å²) in [5.74, 6) is 0.167. The lowest BCUT2D eigenvalue weighted by atomic mass is 9.99. The first-order valence-corrected chi connectivity index (χ1v) is 26.5. The standard InChI is InChI=1S/C51H66OP2.2BrH/c52-51(43-35-31-41(32-36-43)39-53(45-19-7-1-8-20-45,46-21-9-2-10-22-46)47-23-11-3-12-24-47)44-37-33-42(34-38-44)40-54(48-25-13-4-14-26-48,49-27-15-5-16-28-49)50-29-17-6-18-30-50;;/h1,4,7-8,13-14,19-20,25-26,31-38,46-47,49-50H,2-3,5-6,9-12,15-18,21-24,27-30,39-40H2;2*1H/q+2;;/p-2. The van der Waals surface area contributed by atoms with Crippen LogP contribution in [0.15, 0.2) is 109 Å². The van der Waals surface area contributed by atoms with Gasteiger partial charge in [0.25, 0.3) is 0 Å². The van der Waals surface area contributed by atoms with Crippen LogP contribution in [0.5, 0.6) is 0 Å². The Labute approximate surface area is 362 Å². The minimum absolute atomic E-state index is 0. The molecule has 0 atom stereocenters. The predicted octanol–water partition coefficient (Wildman–Crippen LogP) is 7.94. The zero-order valence-corrected chi connectivity index (χ0v) is 38.8. The minimum atomic E-state index is -1.47. The molecule has 0 unspecified atom stereocenters. The highest BCUT2D eigenvalue weighted by Gasteiger charge is 2.55. The molecule has 0 radical (unpaired) electrons. The molecular formula is C51H66Br2OP2. The Bertz CT molecular complexity index is 1590. The van der Waals surface area contributed by atoms with Crippen molar-refractivity contribution in [2.45, 2.75) is 163 Å². The summed E-state index contributed by atoms with van der Waals surface area (Å²) in [6.45, 7) is 0. The Morgan fingerprint density at radius 1 is 0.375 bits per heavy atom. The predicted molar refractivity (Wildman–Crippen MR) is 237 cm³/mol. The number of benzene rings is 4. The molecule has 56 heavy (non-hydrogen) atoms. The van der Waals surface area contributed by atoms with Gasteiger partial charge in [0.1, 0.15) is 0 Å². The van der Waals surface area contributed by atoms with E-state index in [0.717, 1.165) is 33.8 Å². The fourth-order valence-corrected chi connectivity index (χ4v) is 24.5. The third-order valence-electron chi connectivity index (χ3n) is 14.7. The summed E-state index contributed by atoms with van der Waals surface area (Å²) < 4.78 is 0. The van der Waals surface area contributed by atoms with Crippen LogP contribution >= 0.6 is 14.5 Å². The van der Waals surface area contributed by atoms with Gasteiger partial charge in [0.2, 0.25) is 0 Å². The van der Waals surface area contributed by atoms with E-state index in [-0.39, 0.29) is 39.7 Å². The molecule has 0 amide bonds. The van der Waals surface area contributed by atoms with Gasteiger partial charge in [-0.2, -0.15) is 0 Å². The van der Waals surface area contributed by atoms with E-state index in [4.69, 9.17) is 0 Å². The van der Waals surface area contributed by atoms with Gasteiger partial charge in [-0.25, -0.2) is 0 Å². The van der Waals surface area contributed by atoms with Crippen LogP contribution in [0.2, 0.25) is 0 Å². The number of carbonyl (C=O) groups excluding carboxylic acids is 1. The summed E-state index contributed by atoms with van der Waals surface area (Å²) in [7, 11) is -2.93. The molecule has 4 aliphatic rings. The van der Waals surface area contributed by atoms with Crippen molar-refractivity contribution in [3.63, 3.8) is 0 Å². The maximum absolute atomic E-state index is 14.1. The van der Waals surface area contributed by atoms with E-state index in [1.807, 2.05) is 0 Å². The van der Waals surface area contributed by atoms with Crippen molar-refractivity contribution in [3.8, 4) is 0 Å². The maximum atomic E-state index is 14.1. The van der Waals surface area contributed by atoms with Crippen molar-refractivity contribution in [2.75, 3.05) is 0 Å². The molecule has 4 aromatic carbocycles. The molecule has 4 aromatic rings. The highest BCUT2D eigenvalue weighted by atomic mass is 79.9. The molecule has 0 N–H and O–H groups in total. The first-order chi connectivity index (χ1) is 26.7. The van der Waals surface area contributed by atoms with Gasteiger partial charge in [-0.15, -0.1) is 0 Å². The van der Waals surface area contributed by atoms with Crippen LogP contribution in [0.1, 0.15) is 155 Å². The Hall–Kier alpha value is -1.63. The van der Waals surface area contributed by atoms with Crippen LogP contribution < -0.4 is 44.6 Å². The minimum Gasteiger partial charge on any atom is -1.00 e. The Kier molecular flexibility index (Phi) is 16.5. The molecule has 4 aliphatic carbocycles. The molecule has 1 nitrogen and oxygen atoms in total. The van der Waals surface area contributed by atoms with Crippen LogP contribution in [-0.4, -0.2) is 28.4 Å². The summed E-state index contributed by atoms with van der Waals surface area (Å²) in [5, 5.41) is 3.35. The first-order valence-electron chi connectivity index (χ1n) is 22.3. The molecule has 0 aliphatic heterocycles. The summed E-state index contributed by atoms with van der Waals surface area (Å²) in [6, 6.07) is 41.6. The monoisotopic (exact) mass is 914 g/mol. The number of carbonyl (C=O) groups is 1. The average molecular weight is 917 g/mol. The maximum Gasteiger partial charge on any atom is 0.193 e. The molecule has 0 heterocycles. The normalized spacial score (nSPS) is 19.4. The number of rotatable bonds is 12. The zero-order valence-electron chi connectivity index (χ0n) is 33.8. The van der Waals surface area contributed by atoms with E-state index in [0.29, 0.717) is 0 Å². The first kappa shape index (κ1) is 43.9. The lowest BCUT2D eigenvalue weighted by molar-refractivity contribution is -0.001000. The fraction of sp³-hybridized carbons (Fsp3) is 0.510. The Balaban J connectivity index is 0.00000266. The number of hydrogen-bond acceptors (Lipinski definition) is 1. The van der Waals surface area contributed by atoms with Crippen molar-refractivity contribution >= 4 is 30.9 Å². The fourth-order valence-electron chi connectivity index (χ4n) is 12.0. The molecule has 8 rings (SSSR count).